The van der Waals surface area contributed by atoms with Gasteiger partial charge in [0, 0.05) is 17.1 Å². The summed E-state index contributed by atoms with van der Waals surface area (Å²) in [5.41, 5.74) is 1.26. The van der Waals surface area contributed by atoms with Crippen molar-refractivity contribution >= 4 is 11.6 Å². The van der Waals surface area contributed by atoms with E-state index in [0.717, 1.165) is 5.02 Å². The predicted octanol–water partition coefficient (Wildman–Crippen LogP) is 4.57. The molecule has 0 radical (unpaired) electrons. The maximum atomic E-state index is 5.98. The Labute approximate surface area is 104 Å². The lowest BCUT2D eigenvalue weighted by Gasteiger charge is -2.20. The number of halogens is 1. The van der Waals surface area contributed by atoms with E-state index in [4.69, 9.17) is 11.6 Å². The SMILES string of the molecule is CCCCC(C)N[C@H](C)c1cccc(Cl)c1. The Balaban J connectivity index is 2.48. The Morgan fingerprint density at radius 3 is 2.69 bits per heavy atom. The molecule has 90 valence electrons. The Hall–Kier alpha value is -0.530. The number of hydrogen-bond acceptors (Lipinski definition) is 1. The smallest absolute Gasteiger partial charge is 0.0409 e. The molecule has 0 amide bonds. The second kappa shape index (κ2) is 6.93. The maximum Gasteiger partial charge on any atom is 0.0409 e. The molecule has 0 aromatic heterocycles. The molecule has 1 aromatic rings. The normalized spacial score (nSPS) is 14.8. The van der Waals surface area contributed by atoms with Crippen molar-refractivity contribution in [2.24, 2.45) is 0 Å². The van der Waals surface area contributed by atoms with E-state index in [1.165, 1.54) is 24.8 Å². The molecule has 0 aliphatic heterocycles. The quantitative estimate of drug-likeness (QED) is 0.767. The zero-order valence-corrected chi connectivity index (χ0v) is 11.2. The molecule has 1 rings (SSSR count). The van der Waals surface area contributed by atoms with Crippen molar-refractivity contribution in [1.29, 1.82) is 0 Å². The van der Waals surface area contributed by atoms with Gasteiger partial charge in [0.05, 0.1) is 0 Å². The van der Waals surface area contributed by atoms with Gasteiger partial charge < -0.3 is 5.32 Å². The molecule has 0 saturated heterocycles. The van der Waals surface area contributed by atoms with E-state index in [2.05, 4.69) is 32.2 Å². The van der Waals surface area contributed by atoms with Crippen LogP contribution in [-0.2, 0) is 0 Å². The van der Waals surface area contributed by atoms with Crippen LogP contribution in [0.25, 0.3) is 0 Å². The predicted molar refractivity (Wildman–Crippen MR) is 72.0 cm³/mol. The minimum atomic E-state index is 0.366. The van der Waals surface area contributed by atoms with Crippen molar-refractivity contribution in [3.05, 3.63) is 34.9 Å². The van der Waals surface area contributed by atoms with E-state index in [-0.39, 0.29) is 0 Å². The van der Waals surface area contributed by atoms with Gasteiger partial charge >= 0.3 is 0 Å². The van der Waals surface area contributed by atoms with Crippen molar-refractivity contribution in [2.75, 3.05) is 0 Å². The van der Waals surface area contributed by atoms with Gasteiger partial charge in [0.2, 0.25) is 0 Å². The molecule has 0 bridgehead atoms. The third-order valence-electron chi connectivity index (χ3n) is 2.87. The topological polar surface area (TPSA) is 12.0 Å². The van der Waals surface area contributed by atoms with E-state index < -0.39 is 0 Å². The minimum absolute atomic E-state index is 0.366. The van der Waals surface area contributed by atoms with Crippen LogP contribution in [0.4, 0.5) is 0 Å². The van der Waals surface area contributed by atoms with Gasteiger partial charge in [-0.2, -0.15) is 0 Å². The van der Waals surface area contributed by atoms with Crippen molar-refractivity contribution in [3.8, 4) is 0 Å². The lowest BCUT2D eigenvalue weighted by atomic mass is 10.1. The molecular formula is C14H22ClN. The first-order chi connectivity index (χ1) is 7.63. The largest absolute Gasteiger partial charge is 0.308 e. The van der Waals surface area contributed by atoms with E-state index in [9.17, 15) is 0 Å². The van der Waals surface area contributed by atoms with E-state index in [1.54, 1.807) is 0 Å². The van der Waals surface area contributed by atoms with Gasteiger partial charge in [-0.15, -0.1) is 0 Å². The monoisotopic (exact) mass is 239 g/mol. The summed E-state index contributed by atoms with van der Waals surface area (Å²) in [6.07, 6.45) is 3.79. The molecule has 0 spiro atoms. The lowest BCUT2D eigenvalue weighted by Crippen LogP contribution is -2.28. The van der Waals surface area contributed by atoms with Gasteiger partial charge in [0.1, 0.15) is 0 Å². The van der Waals surface area contributed by atoms with Crippen molar-refractivity contribution in [1.82, 2.24) is 5.32 Å². The molecule has 0 aliphatic rings. The number of rotatable bonds is 6. The Morgan fingerprint density at radius 2 is 2.06 bits per heavy atom. The van der Waals surface area contributed by atoms with Crippen LogP contribution in [0.3, 0.4) is 0 Å². The molecule has 1 N–H and O–H groups in total. The maximum absolute atomic E-state index is 5.98. The molecular weight excluding hydrogens is 218 g/mol. The fraction of sp³-hybridized carbons (Fsp3) is 0.571. The van der Waals surface area contributed by atoms with Gasteiger partial charge in [-0.25, -0.2) is 0 Å². The van der Waals surface area contributed by atoms with Crippen molar-refractivity contribution in [3.63, 3.8) is 0 Å². The molecule has 2 heteroatoms. The Morgan fingerprint density at radius 1 is 1.31 bits per heavy atom. The summed E-state index contributed by atoms with van der Waals surface area (Å²) in [7, 11) is 0. The molecule has 0 aliphatic carbocycles. The van der Waals surface area contributed by atoms with Crippen LogP contribution >= 0.6 is 11.6 Å². The van der Waals surface area contributed by atoms with Gasteiger partial charge in [-0.05, 0) is 38.0 Å². The molecule has 16 heavy (non-hydrogen) atoms. The highest BCUT2D eigenvalue weighted by molar-refractivity contribution is 6.30. The van der Waals surface area contributed by atoms with Crippen molar-refractivity contribution < 1.29 is 0 Å². The molecule has 1 aromatic carbocycles. The third kappa shape index (κ3) is 4.54. The summed E-state index contributed by atoms with van der Waals surface area (Å²) in [6.45, 7) is 6.66. The van der Waals surface area contributed by atoms with Gasteiger partial charge in [0.15, 0.2) is 0 Å². The van der Waals surface area contributed by atoms with Gasteiger partial charge in [-0.1, -0.05) is 43.5 Å². The van der Waals surface area contributed by atoms with Crippen LogP contribution in [0.15, 0.2) is 24.3 Å². The van der Waals surface area contributed by atoms with Crippen LogP contribution < -0.4 is 5.32 Å². The van der Waals surface area contributed by atoms with Crippen LogP contribution in [-0.4, -0.2) is 6.04 Å². The third-order valence-corrected chi connectivity index (χ3v) is 3.11. The van der Waals surface area contributed by atoms with Crippen LogP contribution in [0.2, 0.25) is 5.02 Å². The van der Waals surface area contributed by atoms with Crippen molar-refractivity contribution in [2.45, 2.75) is 52.1 Å². The average molecular weight is 240 g/mol. The van der Waals surface area contributed by atoms with Crippen LogP contribution in [0.1, 0.15) is 51.6 Å². The summed E-state index contributed by atoms with van der Waals surface area (Å²) in [5, 5.41) is 4.41. The van der Waals surface area contributed by atoms with E-state index in [0.29, 0.717) is 12.1 Å². The van der Waals surface area contributed by atoms with Crippen LogP contribution in [0, 0.1) is 0 Å². The molecule has 0 heterocycles. The summed E-state index contributed by atoms with van der Waals surface area (Å²) >= 11 is 5.98. The molecule has 2 atom stereocenters. The Bertz CT molecular complexity index is 311. The molecule has 0 fully saturated rings. The highest BCUT2D eigenvalue weighted by Gasteiger charge is 2.09. The zero-order chi connectivity index (χ0) is 12.0. The second-order valence-corrected chi connectivity index (χ2v) is 4.92. The molecule has 0 saturated carbocycles. The first kappa shape index (κ1) is 13.5. The number of nitrogens with one attached hydrogen (secondary N) is 1. The highest BCUT2D eigenvalue weighted by Crippen LogP contribution is 2.18. The zero-order valence-electron chi connectivity index (χ0n) is 10.5. The number of benzene rings is 1. The van der Waals surface area contributed by atoms with Gasteiger partial charge in [-0.3, -0.25) is 0 Å². The standard InChI is InChI=1S/C14H22ClN/c1-4-5-7-11(2)16-12(3)13-8-6-9-14(15)10-13/h6,8-12,16H,4-5,7H2,1-3H3/t11?,12-/m1/s1. The minimum Gasteiger partial charge on any atom is -0.308 e. The summed E-state index contributed by atoms with van der Waals surface area (Å²) in [4.78, 5) is 0. The lowest BCUT2D eigenvalue weighted by molar-refractivity contribution is 0.444. The fourth-order valence-electron chi connectivity index (χ4n) is 1.89. The first-order valence-electron chi connectivity index (χ1n) is 6.15. The van der Waals surface area contributed by atoms with E-state index >= 15 is 0 Å². The number of unbranched alkanes of at least 4 members (excludes halogenated alkanes) is 1. The fourth-order valence-corrected chi connectivity index (χ4v) is 2.09. The van der Waals surface area contributed by atoms with Crippen LogP contribution in [0.5, 0.6) is 0 Å². The summed E-state index contributed by atoms with van der Waals surface area (Å²) in [5.74, 6) is 0. The van der Waals surface area contributed by atoms with E-state index in [1.807, 2.05) is 18.2 Å². The molecule has 1 unspecified atom stereocenters. The first-order valence-corrected chi connectivity index (χ1v) is 6.52. The Kier molecular flexibility index (Phi) is 5.86. The highest BCUT2D eigenvalue weighted by atomic mass is 35.5. The average Bonchev–Trinajstić information content (AvgIpc) is 2.26. The second-order valence-electron chi connectivity index (χ2n) is 4.49. The molecule has 1 nitrogen and oxygen atoms in total. The number of hydrogen-bond donors (Lipinski definition) is 1. The van der Waals surface area contributed by atoms with Gasteiger partial charge in [0.25, 0.3) is 0 Å². The summed E-state index contributed by atoms with van der Waals surface area (Å²) < 4.78 is 0. The summed E-state index contributed by atoms with van der Waals surface area (Å²) in [6, 6.07) is 9.01.